The minimum Gasteiger partial charge on any atom is -0.348 e. The molecule has 3 rings (SSSR count). The number of pyridine rings is 1. The highest BCUT2D eigenvalue weighted by Crippen LogP contribution is 2.39. The highest BCUT2D eigenvalue weighted by Gasteiger charge is 2.44. The molecule has 0 unspecified atom stereocenters. The van der Waals surface area contributed by atoms with E-state index in [-0.39, 0.29) is 11.6 Å². The third-order valence-corrected chi connectivity index (χ3v) is 4.77. The number of nitrogens with zero attached hydrogens (tertiary/aromatic N) is 1. The minimum absolute atomic E-state index is 0.141. The number of hydrogen-bond acceptors (Lipinski definition) is 4. The Morgan fingerprint density at radius 1 is 1.22 bits per heavy atom. The molecule has 1 aliphatic carbocycles. The summed E-state index contributed by atoms with van der Waals surface area (Å²) in [6, 6.07) is 3.78. The summed E-state index contributed by atoms with van der Waals surface area (Å²) in [5.74, 6) is -0.398. The molecule has 0 atom stereocenters. The summed E-state index contributed by atoms with van der Waals surface area (Å²) in [6.07, 6.45) is 5.15. The molecule has 126 valence electrons. The maximum absolute atomic E-state index is 12.2. The molecule has 6 heteroatoms. The number of aromatic nitrogens is 1. The summed E-state index contributed by atoms with van der Waals surface area (Å²) in [7, 11) is 0. The largest absolute Gasteiger partial charge is 0.348 e. The summed E-state index contributed by atoms with van der Waals surface area (Å²) >= 11 is 0. The van der Waals surface area contributed by atoms with Crippen LogP contribution in [0.4, 0.5) is 4.79 Å². The SMILES string of the molecule is Cc1ccc(CNC(=O)NC2(C)CCC3(CC2)OCCO3)cn1. The molecule has 1 saturated heterocycles. The van der Waals surface area contributed by atoms with Crippen LogP contribution in [0.15, 0.2) is 18.3 Å². The van der Waals surface area contributed by atoms with Gasteiger partial charge >= 0.3 is 6.03 Å². The normalized spacial score (nSPS) is 22.0. The molecule has 0 bridgehead atoms. The van der Waals surface area contributed by atoms with E-state index in [4.69, 9.17) is 9.47 Å². The second-order valence-corrected chi connectivity index (χ2v) is 6.78. The fourth-order valence-electron chi connectivity index (χ4n) is 3.20. The highest BCUT2D eigenvalue weighted by molar-refractivity contribution is 5.74. The molecule has 2 fully saturated rings. The van der Waals surface area contributed by atoms with Gasteiger partial charge in [-0.05, 0) is 38.3 Å². The van der Waals surface area contributed by atoms with Crippen molar-refractivity contribution in [1.29, 1.82) is 0 Å². The van der Waals surface area contributed by atoms with Gasteiger partial charge in [0.1, 0.15) is 0 Å². The summed E-state index contributed by atoms with van der Waals surface area (Å²) in [4.78, 5) is 16.4. The standard InChI is InChI=1S/C17H25N3O3/c1-13-3-4-14(11-18-13)12-19-15(21)20-16(2)5-7-17(8-6-16)22-9-10-23-17/h3-4,11H,5-10,12H2,1-2H3,(H2,19,20,21). The van der Waals surface area contributed by atoms with Gasteiger partial charge < -0.3 is 20.1 Å². The van der Waals surface area contributed by atoms with Gasteiger partial charge in [0, 0.05) is 36.8 Å². The van der Waals surface area contributed by atoms with E-state index in [9.17, 15) is 4.79 Å². The fraction of sp³-hybridized carbons (Fsp3) is 0.647. The number of nitrogens with one attached hydrogen (secondary N) is 2. The molecule has 1 aliphatic heterocycles. The Morgan fingerprint density at radius 3 is 2.52 bits per heavy atom. The zero-order valence-corrected chi connectivity index (χ0v) is 13.9. The number of rotatable bonds is 3. The van der Waals surface area contributed by atoms with Gasteiger partial charge in [0.2, 0.25) is 0 Å². The Morgan fingerprint density at radius 2 is 1.91 bits per heavy atom. The molecule has 0 radical (unpaired) electrons. The van der Waals surface area contributed by atoms with Crippen LogP contribution in [0.1, 0.15) is 43.9 Å². The molecule has 2 amide bonds. The van der Waals surface area contributed by atoms with Crippen LogP contribution in [-0.2, 0) is 16.0 Å². The average molecular weight is 319 g/mol. The summed E-state index contributed by atoms with van der Waals surface area (Å²) in [5.41, 5.74) is 1.75. The predicted octanol–water partition coefficient (Wildman–Crippen LogP) is 2.27. The van der Waals surface area contributed by atoms with Crippen LogP contribution >= 0.6 is 0 Å². The lowest BCUT2D eigenvalue weighted by Gasteiger charge is -2.42. The van der Waals surface area contributed by atoms with Crippen LogP contribution < -0.4 is 10.6 Å². The maximum Gasteiger partial charge on any atom is 0.315 e. The molecule has 23 heavy (non-hydrogen) atoms. The zero-order chi connectivity index (χ0) is 16.3. The van der Waals surface area contributed by atoms with Gasteiger partial charge in [0.05, 0.1) is 13.2 Å². The van der Waals surface area contributed by atoms with Crippen molar-refractivity contribution in [2.24, 2.45) is 0 Å². The van der Waals surface area contributed by atoms with Crippen LogP contribution in [0.2, 0.25) is 0 Å². The first kappa shape index (κ1) is 16.2. The molecule has 6 nitrogen and oxygen atoms in total. The minimum atomic E-state index is -0.398. The number of carbonyl (C=O) groups is 1. The monoisotopic (exact) mass is 319 g/mol. The van der Waals surface area contributed by atoms with Crippen LogP contribution in [0, 0.1) is 6.92 Å². The zero-order valence-electron chi connectivity index (χ0n) is 13.9. The first-order chi connectivity index (χ1) is 11.0. The van der Waals surface area contributed by atoms with Gasteiger partial charge in [-0.15, -0.1) is 0 Å². The van der Waals surface area contributed by atoms with E-state index in [1.54, 1.807) is 6.20 Å². The number of urea groups is 1. The third kappa shape index (κ3) is 4.00. The molecule has 2 aliphatic rings. The van der Waals surface area contributed by atoms with Crippen LogP contribution in [-0.4, -0.2) is 35.6 Å². The predicted molar refractivity (Wildman–Crippen MR) is 85.9 cm³/mol. The van der Waals surface area contributed by atoms with E-state index in [1.165, 1.54) is 0 Å². The van der Waals surface area contributed by atoms with Crippen molar-refractivity contribution in [3.05, 3.63) is 29.6 Å². The van der Waals surface area contributed by atoms with Crippen molar-refractivity contribution in [1.82, 2.24) is 15.6 Å². The Kier molecular flexibility index (Phi) is 4.55. The Bertz CT molecular complexity index is 543. The first-order valence-corrected chi connectivity index (χ1v) is 8.24. The molecule has 0 aromatic carbocycles. The van der Waals surface area contributed by atoms with E-state index in [0.29, 0.717) is 19.8 Å². The molecule has 2 heterocycles. The fourth-order valence-corrected chi connectivity index (χ4v) is 3.20. The number of aryl methyl sites for hydroxylation is 1. The second kappa shape index (κ2) is 6.45. The lowest BCUT2D eigenvalue weighted by atomic mass is 9.80. The van der Waals surface area contributed by atoms with Crippen molar-refractivity contribution in [2.75, 3.05) is 13.2 Å². The summed E-state index contributed by atoms with van der Waals surface area (Å²) in [5, 5.41) is 6.00. The number of hydrogen-bond donors (Lipinski definition) is 2. The van der Waals surface area contributed by atoms with Gasteiger partial charge in [-0.1, -0.05) is 6.07 Å². The average Bonchev–Trinajstić information content (AvgIpc) is 2.99. The van der Waals surface area contributed by atoms with Gasteiger partial charge in [-0.25, -0.2) is 4.79 Å². The van der Waals surface area contributed by atoms with Crippen LogP contribution in [0.25, 0.3) is 0 Å². The Balaban J connectivity index is 1.46. The lowest BCUT2D eigenvalue weighted by molar-refractivity contribution is -0.184. The molecule has 1 aromatic heterocycles. The lowest BCUT2D eigenvalue weighted by Crippen LogP contribution is -2.54. The smallest absolute Gasteiger partial charge is 0.315 e. The summed E-state index contributed by atoms with van der Waals surface area (Å²) < 4.78 is 11.5. The van der Waals surface area contributed by atoms with Gasteiger partial charge in [0.15, 0.2) is 5.79 Å². The molecular formula is C17H25N3O3. The van der Waals surface area contributed by atoms with Crippen molar-refractivity contribution in [3.8, 4) is 0 Å². The first-order valence-electron chi connectivity index (χ1n) is 8.24. The number of ether oxygens (including phenoxy) is 2. The number of carbonyl (C=O) groups excluding carboxylic acids is 1. The molecular weight excluding hydrogens is 294 g/mol. The van der Waals surface area contributed by atoms with E-state index in [2.05, 4.69) is 22.5 Å². The molecule has 2 N–H and O–H groups in total. The van der Waals surface area contributed by atoms with E-state index >= 15 is 0 Å². The van der Waals surface area contributed by atoms with Crippen molar-refractivity contribution in [3.63, 3.8) is 0 Å². The van der Waals surface area contributed by atoms with Crippen LogP contribution in [0.5, 0.6) is 0 Å². The third-order valence-electron chi connectivity index (χ3n) is 4.77. The van der Waals surface area contributed by atoms with Crippen molar-refractivity contribution < 1.29 is 14.3 Å². The summed E-state index contributed by atoms with van der Waals surface area (Å²) in [6.45, 7) is 5.86. The van der Waals surface area contributed by atoms with E-state index in [0.717, 1.165) is 36.9 Å². The van der Waals surface area contributed by atoms with Crippen molar-refractivity contribution >= 4 is 6.03 Å². The van der Waals surface area contributed by atoms with Crippen molar-refractivity contribution in [2.45, 2.75) is 57.4 Å². The van der Waals surface area contributed by atoms with Gasteiger partial charge in [-0.2, -0.15) is 0 Å². The van der Waals surface area contributed by atoms with E-state index in [1.807, 2.05) is 19.1 Å². The van der Waals surface area contributed by atoms with Crippen LogP contribution in [0.3, 0.4) is 0 Å². The highest BCUT2D eigenvalue weighted by atomic mass is 16.7. The second-order valence-electron chi connectivity index (χ2n) is 6.78. The Hall–Kier alpha value is -1.66. The number of amides is 2. The Labute approximate surface area is 137 Å². The topological polar surface area (TPSA) is 72.5 Å². The maximum atomic E-state index is 12.2. The molecule has 1 saturated carbocycles. The van der Waals surface area contributed by atoms with Gasteiger partial charge in [0.25, 0.3) is 0 Å². The molecule has 1 aromatic rings. The quantitative estimate of drug-likeness (QED) is 0.896. The molecule has 1 spiro atoms. The van der Waals surface area contributed by atoms with Gasteiger partial charge in [-0.3, -0.25) is 4.98 Å². The van der Waals surface area contributed by atoms with E-state index < -0.39 is 5.79 Å².